The van der Waals surface area contributed by atoms with Crippen LogP contribution < -0.4 is 14.6 Å². The molecule has 12 heteroatoms. The molecule has 0 bridgehead atoms. The van der Waals surface area contributed by atoms with Gasteiger partial charge in [-0.15, -0.1) is 9.69 Å². The number of hydrogen-bond acceptors (Lipinski definition) is 7. The number of carbonyl (C=O) groups is 1. The second-order valence-electron chi connectivity index (χ2n) is 8.73. The second-order valence-corrected chi connectivity index (χ2v) is 8.73. The molecule has 4 heterocycles. The first kappa shape index (κ1) is 22.1. The number of likely N-dealkylation sites (tertiary alicyclic amines) is 1. The quantitative estimate of drug-likeness (QED) is 0.554. The number of methoxy groups -OCH3 is 1. The Balaban J connectivity index is 1.49. The molecule has 34 heavy (non-hydrogen) atoms. The summed E-state index contributed by atoms with van der Waals surface area (Å²) in [7, 11) is 4.93. The lowest BCUT2D eigenvalue weighted by atomic mass is 10.0. The average molecular weight is 471 g/mol. The Morgan fingerprint density at radius 3 is 2.88 bits per heavy atom. The van der Waals surface area contributed by atoms with E-state index in [-0.39, 0.29) is 16.5 Å². The van der Waals surface area contributed by atoms with E-state index in [1.54, 1.807) is 35.8 Å². The van der Waals surface area contributed by atoms with Gasteiger partial charge in [0.05, 0.1) is 14.2 Å². The Bertz CT molecular complexity index is 1290. The van der Waals surface area contributed by atoms with E-state index in [2.05, 4.69) is 25.7 Å². The number of amides is 1. The van der Waals surface area contributed by atoms with Crippen molar-refractivity contribution in [1.82, 2.24) is 24.1 Å². The molecule has 2 unspecified atom stereocenters. The van der Waals surface area contributed by atoms with Crippen molar-refractivity contribution in [2.24, 2.45) is 10.3 Å². The molecule has 2 aliphatic rings. The summed E-state index contributed by atoms with van der Waals surface area (Å²) < 4.78 is 33.3. The molecule has 1 aromatic carbocycles. The van der Waals surface area contributed by atoms with Gasteiger partial charge in [0.25, 0.3) is 6.43 Å². The summed E-state index contributed by atoms with van der Waals surface area (Å²) in [5.74, 6) is 0.893. The molecule has 2 atom stereocenters. The Labute approximate surface area is 194 Å². The largest absolute Gasteiger partial charge is 0.479 e. The van der Waals surface area contributed by atoms with Crippen LogP contribution in [0.1, 0.15) is 12.8 Å². The van der Waals surface area contributed by atoms with Gasteiger partial charge < -0.3 is 15.0 Å². The van der Waals surface area contributed by atoms with Crippen LogP contribution in [0, 0.1) is 0 Å². The van der Waals surface area contributed by atoms with Crippen LogP contribution in [0.5, 0.6) is 5.88 Å². The monoisotopic (exact) mass is 471 g/mol. The predicted octanol–water partition coefficient (Wildman–Crippen LogP) is 3.65. The van der Waals surface area contributed by atoms with E-state index in [0.29, 0.717) is 48.1 Å². The number of rotatable bonds is 6. The first-order valence-corrected chi connectivity index (χ1v) is 10.9. The fourth-order valence-electron chi connectivity index (χ4n) is 4.50. The van der Waals surface area contributed by atoms with Gasteiger partial charge in [-0.25, -0.2) is 13.3 Å². The lowest BCUT2D eigenvalue weighted by molar-refractivity contribution is -0.132. The average Bonchev–Trinajstić information content (AvgIpc) is 3.36. The molecule has 178 valence electrons. The number of halogens is 2. The summed E-state index contributed by atoms with van der Waals surface area (Å²) in [6.45, 7) is 0.111. The van der Waals surface area contributed by atoms with Crippen LogP contribution in [-0.2, 0) is 4.79 Å². The van der Waals surface area contributed by atoms with Crippen LogP contribution in [0.4, 0.5) is 26.1 Å². The van der Waals surface area contributed by atoms with Gasteiger partial charge in [-0.1, -0.05) is 11.2 Å². The van der Waals surface area contributed by atoms with Crippen LogP contribution in [0.2, 0.25) is 0 Å². The second kappa shape index (κ2) is 8.28. The van der Waals surface area contributed by atoms with Crippen molar-refractivity contribution in [3.63, 3.8) is 0 Å². The summed E-state index contributed by atoms with van der Waals surface area (Å²) in [5, 5.41) is 16.0. The molecule has 0 spiro atoms. The van der Waals surface area contributed by atoms with Gasteiger partial charge in [-0.2, -0.15) is 4.98 Å². The van der Waals surface area contributed by atoms with Gasteiger partial charge in [0, 0.05) is 49.1 Å². The number of aromatic nitrogens is 3. The molecule has 0 radical (unpaired) electrons. The lowest BCUT2D eigenvalue weighted by Gasteiger charge is -2.30. The highest BCUT2D eigenvalue weighted by Crippen LogP contribution is 2.43. The zero-order valence-corrected chi connectivity index (χ0v) is 19.1. The summed E-state index contributed by atoms with van der Waals surface area (Å²) in [6.07, 6.45) is 0.452. The van der Waals surface area contributed by atoms with E-state index in [1.165, 1.54) is 7.11 Å². The third-order valence-corrected chi connectivity index (χ3v) is 6.28. The minimum Gasteiger partial charge on any atom is -0.479 e. The molecule has 1 amide bonds. The van der Waals surface area contributed by atoms with Crippen molar-refractivity contribution in [2.45, 2.75) is 25.3 Å². The van der Waals surface area contributed by atoms with Crippen LogP contribution in [0.25, 0.3) is 16.6 Å². The van der Waals surface area contributed by atoms with Gasteiger partial charge in [-0.05, 0) is 24.1 Å². The standard InChI is InChI=1S/C22H25F2N8O2/c1-30-11-14(5-7-19(30)33)25-22-26-21(34-3)20-15(8-9-31(20)28-22)13-4-6-16-17(10-13)32(2,29-27-16)12-18(23)24/h4,6,8-10,14,18H,5,7,11-12H2,1-3H3,(H,25,28)/q+1. The fraction of sp³-hybridized carbons (Fsp3) is 0.409. The van der Waals surface area contributed by atoms with E-state index in [9.17, 15) is 13.6 Å². The van der Waals surface area contributed by atoms with E-state index >= 15 is 0 Å². The minimum absolute atomic E-state index is 0.0365. The van der Waals surface area contributed by atoms with E-state index in [0.717, 1.165) is 11.1 Å². The normalized spacial score (nSPS) is 22.0. The Kier molecular flexibility index (Phi) is 5.39. The fourth-order valence-corrected chi connectivity index (χ4v) is 4.50. The summed E-state index contributed by atoms with van der Waals surface area (Å²) >= 11 is 0. The smallest absolute Gasteiger partial charge is 0.289 e. The molecule has 10 nitrogen and oxygen atoms in total. The first-order valence-electron chi connectivity index (χ1n) is 10.9. The number of quaternary nitrogens is 1. The highest BCUT2D eigenvalue weighted by molar-refractivity contribution is 5.87. The number of ether oxygens (including phenoxy) is 1. The Hall–Kier alpha value is -3.67. The molecule has 0 saturated carbocycles. The molecule has 0 aliphatic carbocycles. The van der Waals surface area contributed by atoms with E-state index < -0.39 is 13.0 Å². The number of hydrogen-bond donors (Lipinski definition) is 1. The minimum atomic E-state index is -2.52. The number of alkyl halides is 2. The zero-order valence-electron chi connectivity index (χ0n) is 19.1. The van der Waals surface area contributed by atoms with Crippen LogP contribution in [0.3, 0.4) is 0 Å². The molecule has 2 aliphatic heterocycles. The van der Waals surface area contributed by atoms with Gasteiger partial charge in [0.15, 0.2) is 17.9 Å². The Morgan fingerprint density at radius 2 is 2.15 bits per heavy atom. The Morgan fingerprint density at radius 1 is 1.32 bits per heavy atom. The van der Waals surface area contributed by atoms with Gasteiger partial charge in [0.1, 0.15) is 5.52 Å². The maximum absolute atomic E-state index is 13.2. The highest BCUT2D eigenvalue weighted by Gasteiger charge is 2.38. The lowest BCUT2D eigenvalue weighted by Crippen LogP contribution is -2.43. The molecule has 1 fully saturated rings. The number of fused-ring (bicyclic) bond motifs is 2. The maximum atomic E-state index is 13.2. The number of likely N-dealkylation sites (N-methyl/N-ethyl adjacent to an activating group) is 1. The molecule has 3 aromatic rings. The molecule has 1 N–H and O–H groups in total. The molecular weight excluding hydrogens is 446 g/mol. The molecule has 5 rings (SSSR count). The number of nitrogens with one attached hydrogen (secondary N) is 1. The number of benzene rings is 1. The van der Waals surface area contributed by atoms with Crippen molar-refractivity contribution in [2.75, 3.05) is 39.6 Å². The SMILES string of the molecule is COc1nc(NC2CCC(=O)N(C)C2)nn2ccc(-c3ccc4c(c3)[N+](C)(CC(F)F)N=N4)c12. The van der Waals surface area contributed by atoms with Gasteiger partial charge >= 0.3 is 0 Å². The highest BCUT2D eigenvalue weighted by atomic mass is 19.3. The molecule has 2 aromatic heterocycles. The zero-order chi connectivity index (χ0) is 24.0. The van der Waals surface area contributed by atoms with Crippen molar-refractivity contribution in [1.29, 1.82) is 0 Å². The topological polar surface area (TPSA) is 96.5 Å². The van der Waals surface area contributed by atoms with Crippen molar-refractivity contribution in [3.05, 3.63) is 30.5 Å². The maximum Gasteiger partial charge on any atom is 0.289 e. The summed E-state index contributed by atoms with van der Waals surface area (Å²) in [4.78, 5) is 18.0. The summed E-state index contributed by atoms with van der Waals surface area (Å²) in [6, 6.07) is 7.39. The number of carbonyl (C=O) groups excluding carboxylic acids is 1. The van der Waals surface area contributed by atoms with Gasteiger partial charge in [-0.3, -0.25) is 4.79 Å². The summed E-state index contributed by atoms with van der Waals surface area (Å²) in [5.41, 5.74) is 3.41. The number of nitrogens with zero attached hydrogens (tertiary/aromatic N) is 7. The third-order valence-electron chi connectivity index (χ3n) is 6.28. The van der Waals surface area contributed by atoms with E-state index in [4.69, 9.17) is 4.74 Å². The number of anilines is 1. The van der Waals surface area contributed by atoms with Crippen molar-refractivity contribution < 1.29 is 18.3 Å². The van der Waals surface area contributed by atoms with Crippen molar-refractivity contribution in [3.8, 4) is 17.0 Å². The first-order chi connectivity index (χ1) is 16.3. The van der Waals surface area contributed by atoms with E-state index in [1.807, 2.05) is 18.2 Å². The predicted molar refractivity (Wildman–Crippen MR) is 122 cm³/mol. The third kappa shape index (κ3) is 3.83. The number of piperidine rings is 1. The van der Waals surface area contributed by atoms with Crippen LogP contribution in [-0.4, -0.2) is 72.2 Å². The molecule has 1 saturated heterocycles. The van der Waals surface area contributed by atoms with Crippen molar-refractivity contribution >= 4 is 28.7 Å². The molecular formula is C22H25F2N8O2+. The van der Waals surface area contributed by atoms with Crippen LogP contribution in [0.15, 0.2) is 40.8 Å². The van der Waals surface area contributed by atoms with Gasteiger partial charge in [0.2, 0.25) is 17.7 Å². The van der Waals surface area contributed by atoms with Crippen LogP contribution >= 0.6 is 0 Å².